The highest BCUT2D eigenvalue weighted by atomic mass is 16.2. The monoisotopic (exact) mass is 194 g/mol. The Bertz CT molecular complexity index is 310. The smallest absolute Gasteiger partial charge is 0.273 e. The molecule has 1 aromatic heterocycles. The van der Waals surface area contributed by atoms with Crippen LogP contribution in [0, 0.1) is 0 Å². The molecule has 0 unspecified atom stereocenters. The van der Waals surface area contributed by atoms with Gasteiger partial charge in [-0.25, -0.2) is 0 Å². The van der Waals surface area contributed by atoms with Gasteiger partial charge < -0.3 is 5.32 Å². The lowest BCUT2D eigenvalue weighted by atomic mass is 9.75. The number of hydrogen-bond donors (Lipinski definition) is 2. The molecule has 1 aliphatic rings. The Hall–Kier alpha value is -1.39. The second kappa shape index (κ2) is 3.40. The fourth-order valence-electron chi connectivity index (χ4n) is 1.79. The van der Waals surface area contributed by atoms with E-state index in [1.807, 2.05) is 0 Å². The number of carbonyl (C=O) groups excluding carboxylic acids is 1. The van der Waals surface area contributed by atoms with Gasteiger partial charge in [0.2, 0.25) is 0 Å². The molecule has 0 aromatic carbocycles. The fraction of sp³-hybridized carbons (Fsp3) is 0.667. The number of hydrogen-bond acceptors (Lipinski definition) is 3. The summed E-state index contributed by atoms with van der Waals surface area (Å²) in [5.74, 6) is -0.125. The number of nitrogens with zero attached hydrogens (tertiary/aromatic N) is 2. The number of H-pyrrole nitrogens is 1. The second-order valence-corrected chi connectivity index (χ2v) is 3.80. The first kappa shape index (κ1) is 9.18. The van der Waals surface area contributed by atoms with Crippen molar-refractivity contribution in [3.05, 3.63) is 11.9 Å². The third-order valence-corrected chi connectivity index (χ3v) is 3.01. The number of aromatic amines is 1. The van der Waals surface area contributed by atoms with Crippen LogP contribution in [0.5, 0.6) is 0 Å². The maximum absolute atomic E-state index is 11.6. The van der Waals surface area contributed by atoms with Gasteiger partial charge in [-0.1, -0.05) is 6.92 Å². The third kappa shape index (κ3) is 1.49. The van der Waals surface area contributed by atoms with Crippen LogP contribution in [0.4, 0.5) is 0 Å². The number of amides is 1. The molecule has 2 N–H and O–H groups in total. The predicted molar refractivity (Wildman–Crippen MR) is 50.7 cm³/mol. The van der Waals surface area contributed by atoms with Crippen molar-refractivity contribution >= 4 is 5.91 Å². The van der Waals surface area contributed by atoms with E-state index in [4.69, 9.17) is 0 Å². The summed E-state index contributed by atoms with van der Waals surface area (Å²) in [7, 11) is 0. The summed E-state index contributed by atoms with van der Waals surface area (Å²) >= 11 is 0. The molecule has 5 nitrogen and oxygen atoms in total. The highest BCUT2D eigenvalue weighted by Gasteiger charge is 2.36. The molecule has 0 atom stereocenters. The summed E-state index contributed by atoms with van der Waals surface area (Å²) < 4.78 is 0. The average Bonchev–Trinajstić information content (AvgIpc) is 2.63. The van der Waals surface area contributed by atoms with Gasteiger partial charge in [-0.2, -0.15) is 15.4 Å². The maximum atomic E-state index is 11.6. The Morgan fingerprint density at radius 3 is 2.93 bits per heavy atom. The van der Waals surface area contributed by atoms with Crippen molar-refractivity contribution in [1.82, 2.24) is 20.7 Å². The zero-order valence-electron chi connectivity index (χ0n) is 8.21. The molecule has 1 fully saturated rings. The zero-order valence-corrected chi connectivity index (χ0v) is 8.21. The first-order valence-corrected chi connectivity index (χ1v) is 4.94. The van der Waals surface area contributed by atoms with Crippen LogP contribution in [-0.2, 0) is 0 Å². The van der Waals surface area contributed by atoms with Crippen LogP contribution in [0.15, 0.2) is 6.20 Å². The van der Waals surface area contributed by atoms with Gasteiger partial charge >= 0.3 is 0 Å². The molecule has 1 amide bonds. The van der Waals surface area contributed by atoms with Crippen molar-refractivity contribution < 1.29 is 4.79 Å². The molecule has 1 aromatic rings. The topological polar surface area (TPSA) is 70.7 Å². The van der Waals surface area contributed by atoms with Crippen LogP contribution in [0.25, 0.3) is 0 Å². The van der Waals surface area contributed by atoms with Gasteiger partial charge in [-0.15, -0.1) is 0 Å². The molecule has 1 aliphatic carbocycles. The largest absolute Gasteiger partial charge is 0.345 e. The minimum atomic E-state index is -0.125. The van der Waals surface area contributed by atoms with Crippen LogP contribution in [0.1, 0.15) is 43.1 Å². The van der Waals surface area contributed by atoms with E-state index in [1.165, 1.54) is 12.6 Å². The highest BCUT2D eigenvalue weighted by molar-refractivity contribution is 5.92. The van der Waals surface area contributed by atoms with Gasteiger partial charge in [0.1, 0.15) is 0 Å². The first-order chi connectivity index (χ1) is 6.76. The van der Waals surface area contributed by atoms with Gasteiger partial charge in [0.05, 0.1) is 6.20 Å². The Morgan fingerprint density at radius 2 is 2.50 bits per heavy atom. The molecule has 14 heavy (non-hydrogen) atoms. The lowest BCUT2D eigenvalue weighted by molar-refractivity contribution is 0.0815. The lowest BCUT2D eigenvalue weighted by Gasteiger charge is -2.41. The van der Waals surface area contributed by atoms with Crippen LogP contribution >= 0.6 is 0 Å². The molecule has 0 saturated heterocycles. The summed E-state index contributed by atoms with van der Waals surface area (Å²) in [6, 6.07) is 0. The third-order valence-electron chi connectivity index (χ3n) is 3.01. The molecular weight excluding hydrogens is 180 g/mol. The lowest BCUT2D eigenvalue weighted by Crippen LogP contribution is -2.53. The van der Waals surface area contributed by atoms with Gasteiger partial charge in [0, 0.05) is 5.54 Å². The van der Waals surface area contributed by atoms with Crippen molar-refractivity contribution in [2.45, 2.75) is 38.1 Å². The molecule has 1 saturated carbocycles. The van der Waals surface area contributed by atoms with Crippen LogP contribution in [0.3, 0.4) is 0 Å². The van der Waals surface area contributed by atoms with Crippen molar-refractivity contribution in [1.29, 1.82) is 0 Å². The Balaban J connectivity index is 2.01. The zero-order chi connectivity index (χ0) is 10.0. The van der Waals surface area contributed by atoms with E-state index in [0.29, 0.717) is 5.69 Å². The van der Waals surface area contributed by atoms with Gasteiger partial charge in [0.25, 0.3) is 5.91 Å². The van der Waals surface area contributed by atoms with Crippen molar-refractivity contribution in [2.75, 3.05) is 0 Å². The predicted octanol–water partition coefficient (Wildman–Crippen LogP) is 0.867. The molecule has 0 bridgehead atoms. The summed E-state index contributed by atoms with van der Waals surface area (Å²) in [6.45, 7) is 2.10. The van der Waals surface area contributed by atoms with Crippen molar-refractivity contribution in [2.24, 2.45) is 0 Å². The van der Waals surface area contributed by atoms with E-state index < -0.39 is 0 Å². The Labute approximate surface area is 82.3 Å². The van der Waals surface area contributed by atoms with E-state index in [9.17, 15) is 4.79 Å². The summed E-state index contributed by atoms with van der Waals surface area (Å²) in [6.07, 6.45) is 5.78. The number of carbonyl (C=O) groups is 1. The highest BCUT2D eigenvalue weighted by Crippen LogP contribution is 2.34. The van der Waals surface area contributed by atoms with Crippen LogP contribution in [0.2, 0.25) is 0 Å². The molecule has 1 heterocycles. The van der Waals surface area contributed by atoms with Gasteiger partial charge in [-0.05, 0) is 25.7 Å². The van der Waals surface area contributed by atoms with Crippen molar-refractivity contribution in [3.8, 4) is 0 Å². The Morgan fingerprint density at radius 1 is 1.71 bits per heavy atom. The molecule has 0 spiro atoms. The standard InChI is InChI=1S/C9H14N4O/c1-2-9(4-3-5-9)11-8(14)7-6-10-13-12-7/h6H,2-5H2,1H3,(H,11,14)(H,10,12,13). The molecular formula is C9H14N4O. The van der Waals surface area contributed by atoms with E-state index in [0.717, 1.165) is 19.3 Å². The first-order valence-electron chi connectivity index (χ1n) is 4.94. The van der Waals surface area contributed by atoms with E-state index in [1.54, 1.807) is 0 Å². The van der Waals surface area contributed by atoms with Gasteiger partial charge in [-0.3, -0.25) is 4.79 Å². The fourth-order valence-corrected chi connectivity index (χ4v) is 1.79. The molecule has 0 radical (unpaired) electrons. The average molecular weight is 194 g/mol. The minimum absolute atomic E-state index is 0.0238. The number of rotatable bonds is 3. The molecule has 2 rings (SSSR count). The quantitative estimate of drug-likeness (QED) is 0.750. The Kier molecular flexibility index (Phi) is 2.23. The van der Waals surface area contributed by atoms with Gasteiger partial charge in [0.15, 0.2) is 5.69 Å². The summed E-state index contributed by atoms with van der Waals surface area (Å²) in [5.41, 5.74) is 0.389. The SMILES string of the molecule is CCC1(NC(=O)c2cn[nH]n2)CCC1. The van der Waals surface area contributed by atoms with Crippen LogP contribution in [-0.4, -0.2) is 26.9 Å². The second-order valence-electron chi connectivity index (χ2n) is 3.80. The summed E-state index contributed by atoms with van der Waals surface area (Å²) in [5, 5.41) is 12.8. The minimum Gasteiger partial charge on any atom is -0.345 e. The maximum Gasteiger partial charge on any atom is 0.273 e. The normalized spacial score (nSPS) is 18.6. The van der Waals surface area contributed by atoms with E-state index >= 15 is 0 Å². The summed E-state index contributed by atoms with van der Waals surface area (Å²) in [4.78, 5) is 11.6. The molecule has 76 valence electrons. The van der Waals surface area contributed by atoms with Crippen molar-refractivity contribution in [3.63, 3.8) is 0 Å². The van der Waals surface area contributed by atoms with E-state index in [-0.39, 0.29) is 11.4 Å². The molecule has 0 aliphatic heterocycles. The van der Waals surface area contributed by atoms with E-state index in [2.05, 4.69) is 27.7 Å². The van der Waals surface area contributed by atoms with Crippen LogP contribution < -0.4 is 5.32 Å². The number of aromatic nitrogens is 3. The number of nitrogens with one attached hydrogen (secondary N) is 2. The molecule has 5 heteroatoms.